The van der Waals surface area contributed by atoms with Crippen LogP contribution in [0, 0.1) is 0 Å². The molecule has 1 aliphatic carbocycles. The largest absolute Gasteiger partial charge is 0.277 e. The number of fused-ring (bicyclic) bond motifs is 7. The van der Waals surface area contributed by atoms with Crippen LogP contribution in [0.3, 0.4) is 0 Å². The van der Waals surface area contributed by atoms with Gasteiger partial charge in [-0.1, -0.05) is 165 Å². The minimum Gasteiger partial charge on any atom is -0.277 e. The van der Waals surface area contributed by atoms with Gasteiger partial charge in [-0.25, -0.2) is 4.98 Å². The van der Waals surface area contributed by atoms with Crippen LogP contribution in [0.5, 0.6) is 0 Å². The van der Waals surface area contributed by atoms with E-state index in [1.807, 2.05) is 84.9 Å². The zero-order valence-electron chi connectivity index (χ0n) is 43.2. The molecule has 10 rings (SSSR count). The van der Waals surface area contributed by atoms with E-state index in [0.717, 1.165) is 26.8 Å². The van der Waals surface area contributed by atoms with E-state index in [0.29, 0.717) is 11.1 Å². The lowest BCUT2D eigenvalue weighted by Crippen LogP contribution is -2.17. The fourth-order valence-corrected chi connectivity index (χ4v) is 6.98. The van der Waals surface area contributed by atoms with Crippen molar-refractivity contribution in [1.82, 2.24) is 19.5 Å². The second kappa shape index (κ2) is 11.7. The van der Waals surface area contributed by atoms with Crippen molar-refractivity contribution in [3.63, 3.8) is 0 Å². The molecule has 2 heterocycles. The van der Waals surface area contributed by atoms with Gasteiger partial charge in [-0.05, 0) is 62.7 Å². The van der Waals surface area contributed by atoms with Crippen molar-refractivity contribution in [1.29, 1.82) is 0 Å². The molecule has 0 saturated heterocycles. The Labute approximate surface area is 325 Å². The van der Waals surface area contributed by atoms with Gasteiger partial charge in [0.1, 0.15) is 0 Å². The van der Waals surface area contributed by atoms with Crippen LogP contribution in [0.2, 0.25) is 0 Å². The van der Waals surface area contributed by atoms with Gasteiger partial charge in [0.2, 0.25) is 5.95 Å². The van der Waals surface area contributed by atoms with Crippen molar-refractivity contribution in [3.8, 4) is 62.1 Å². The molecular weight excluding hydrogens is 633 g/mol. The molecule has 0 fully saturated rings. The minimum atomic E-state index is -3.69. The number of benzene rings is 7. The highest BCUT2D eigenvalue weighted by molar-refractivity contribution is 6.13. The Morgan fingerprint density at radius 1 is 0.519 bits per heavy atom. The average molecular weight is 683 g/mol. The normalized spacial score (nSPS) is 17.8. The number of rotatable bonds is 5. The molecule has 0 bridgehead atoms. The smallest absolute Gasteiger partial charge is 0.238 e. The maximum absolute atomic E-state index is 9.59. The van der Waals surface area contributed by atoms with Crippen molar-refractivity contribution in [2.75, 3.05) is 0 Å². The van der Waals surface area contributed by atoms with Gasteiger partial charge in [0.05, 0.1) is 24.7 Å². The summed E-state index contributed by atoms with van der Waals surface area (Å²) >= 11 is 0. The molecule has 0 unspecified atom stereocenters. The van der Waals surface area contributed by atoms with Gasteiger partial charge < -0.3 is 0 Å². The van der Waals surface area contributed by atoms with Crippen LogP contribution in [-0.2, 0) is 5.41 Å². The Kier molecular flexibility index (Phi) is 4.06. The summed E-state index contributed by atoms with van der Waals surface area (Å²) < 4.78 is 147. The van der Waals surface area contributed by atoms with Gasteiger partial charge in [0.15, 0.2) is 11.6 Å². The van der Waals surface area contributed by atoms with Crippen LogP contribution in [0.25, 0.3) is 83.9 Å². The summed E-state index contributed by atoms with van der Waals surface area (Å²) in [5, 5.41) is -0.828. The molecule has 0 N–H and O–H groups in total. The summed E-state index contributed by atoms with van der Waals surface area (Å²) in [6.45, 7) is -7.39. The van der Waals surface area contributed by atoms with Gasteiger partial charge in [-0.2, -0.15) is 9.97 Å². The first kappa shape index (κ1) is 18.0. The van der Waals surface area contributed by atoms with E-state index in [-0.39, 0.29) is 17.0 Å². The van der Waals surface area contributed by atoms with Gasteiger partial charge in [-0.3, -0.25) is 4.57 Å². The highest BCUT2D eigenvalue weighted by Gasteiger charge is 2.38. The molecule has 0 atom stereocenters. The SMILES string of the molecule is [2H]c1c([2H])c([2H])c2c(c1[2H])-c1c([2H])c([2H])c3c4c([2H])c([2H])c([2H])c([2H])c4n(-c4nc(-c5cccc(-c6ccccc6)c5)nc(-c5cccc(-c6ccccc6)c5)n4)c3c1C2(C([2H])([2H])[2H])C([2H])([2H])[2H]. The summed E-state index contributed by atoms with van der Waals surface area (Å²) in [5.74, 6) is -0.334. The van der Waals surface area contributed by atoms with E-state index in [2.05, 4.69) is 0 Å². The molecule has 0 saturated carbocycles. The first-order valence-electron chi connectivity index (χ1n) is 24.5. The number of hydrogen-bond donors (Lipinski definition) is 0. The average Bonchev–Trinajstić information content (AvgIpc) is 3.87. The number of hydrogen-bond acceptors (Lipinski definition) is 3. The second-order valence-corrected chi connectivity index (χ2v) is 12.5. The number of nitrogens with zero attached hydrogens (tertiary/aromatic N) is 4. The van der Waals surface area contributed by atoms with E-state index in [9.17, 15) is 5.48 Å². The Bertz CT molecular complexity index is 3490. The highest BCUT2D eigenvalue weighted by atomic mass is 15.2. The Morgan fingerprint density at radius 3 is 1.75 bits per heavy atom. The van der Waals surface area contributed by atoms with Crippen molar-refractivity contribution >= 4 is 21.8 Å². The molecule has 9 aromatic rings. The monoisotopic (exact) mass is 682 g/mol. The van der Waals surface area contributed by atoms with Crippen molar-refractivity contribution in [2.24, 2.45) is 0 Å². The predicted molar refractivity (Wildman–Crippen MR) is 213 cm³/mol. The van der Waals surface area contributed by atoms with E-state index in [4.69, 9.17) is 31.4 Å². The lowest BCUT2D eigenvalue weighted by Gasteiger charge is -2.23. The lowest BCUT2D eigenvalue weighted by molar-refractivity contribution is 0.663. The van der Waals surface area contributed by atoms with E-state index in [1.54, 1.807) is 24.3 Å². The third kappa shape index (κ3) is 4.72. The summed E-state index contributed by atoms with van der Waals surface area (Å²) in [6.07, 6.45) is 0. The zero-order valence-corrected chi connectivity index (χ0v) is 27.2. The Morgan fingerprint density at radius 2 is 1.10 bits per heavy atom. The quantitative estimate of drug-likeness (QED) is 0.181. The number of para-hydroxylation sites is 1. The first-order valence-corrected chi connectivity index (χ1v) is 16.5. The van der Waals surface area contributed by atoms with E-state index >= 15 is 0 Å². The molecule has 0 spiro atoms. The van der Waals surface area contributed by atoms with Gasteiger partial charge in [-0.15, -0.1) is 0 Å². The van der Waals surface area contributed by atoms with Crippen molar-refractivity contribution < 1.29 is 21.9 Å². The standard InChI is InChI=1S/C48H34N4/c1-48(2)41-25-11-9-23-37(41)39-27-28-40-38-24-10-12-26-42(38)52(44(40)43(39)48)47-50-45(35-21-13-19-33(29-35)31-15-5-3-6-16-31)49-46(51-47)36-22-14-20-34(30-36)32-17-7-4-8-18-32/h3-30H,1-2H3/i1D3,2D3,9D,10D,11D,12D,23D,24D,25D,26D,27D,28D. The number of aromatic nitrogens is 4. The first-order chi connectivity index (χ1) is 32.2. The van der Waals surface area contributed by atoms with Crippen LogP contribution >= 0.6 is 0 Å². The van der Waals surface area contributed by atoms with Gasteiger partial charge in [0.25, 0.3) is 0 Å². The molecule has 2 aromatic heterocycles. The summed E-state index contributed by atoms with van der Waals surface area (Å²) in [5.41, 5.74) is -2.85. The van der Waals surface area contributed by atoms with Gasteiger partial charge >= 0.3 is 0 Å². The third-order valence-electron chi connectivity index (χ3n) is 9.37. The predicted octanol–water partition coefficient (Wildman–Crippen LogP) is 11.9. The fourth-order valence-electron chi connectivity index (χ4n) is 6.98. The van der Waals surface area contributed by atoms with Crippen LogP contribution in [0.15, 0.2) is 170 Å². The summed E-state index contributed by atoms with van der Waals surface area (Å²) in [4.78, 5) is 14.8. The maximum Gasteiger partial charge on any atom is 0.238 e. The molecule has 7 aromatic carbocycles. The van der Waals surface area contributed by atoms with Crippen molar-refractivity contribution in [2.45, 2.75) is 19.1 Å². The molecule has 4 nitrogen and oxygen atoms in total. The third-order valence-corrected chi connectivity index (χ3v) is 9.37. The van der Waals surface area contributed by atoms with Crippen LogP contribution in [0.1, 0.15) is 46.8 Å². The highest BCUT2D eigenvalue weighted by Crippen LogP contribution is 2.52. The molecule has 0 aliphatic heterocycles. The Balaban J connectivity index is 1.44. The molecule has 0 radical (unpaired) electrons. The van der Waals surface area contributed by atoms with Crippen molar-refractivity contribution in [3.05, 3.63) is 181 Å². The second-order valence-electron chi connectivity index (χ2n) is 12.5. The molecule has 1 aliphatic rings. The molecule has 52 heavy (non-hydrogen) atoms. The topological polar surface area (TPSA) is 43.6 Å². The fraction of sp³-hybridized carbons (Fsp3) is 0.0625. The minimum absolute atomic E-state index is 0.0318. The molecule has 4 heteroatoms. The van der Waals surface area contributed by atoms with Gasteiger partial charge in [0, 0.05) is 35.5 Å². The molecule has 0 amide bonds. The van der Waals surface area contributed by atoms with E-state index in [1.165, 1.54) is 0 Å². The summed E-state index contributed by atoms with van der Waals surface area (Å²) in [6, 6.07) is 25.4. The maximum atomic E-state index is 9.59. The van der Waals surface area contributed by atoms with E-state index < -0.39 is 124 Å². The lowest BCUT2D eigenvalue weighted by atomic mass is 9.81. The van der Waals surface area contributed by atoms with Crippen LogP contribution in [-0.4, -0.2) is 19.5 Å². The van der Waals surface area contributed by atoms with Crippen LogP contribution < -0.4 is 0 Å². The Hall–Kier alpha value is -6.65. The zero-order chi connectivity index (χ0) is 48.5. The summed E-state index contributed by atoms with van der Waals surface area (Å²) in [7, 11) is 0. The molecular formula is C48H34N4. The molecule has 246 valence electrons. The van der Waals surface area contributed by atoms with Crippen LogP contribution in [0.4, 0.5) is 0 Å².